The maximum Gasteiger partial charge on any atom is 0.149 e. The van der Waals surface area contributed by atoms with Crippen LogP contribution in [0.5, 0.6) is 0 Å². The molecule has 0 aliphatic carbocycles. The Hall–Kier alpha value is -2.27. The number of pyridine rings is 1. The van der Waals surface area contributed by atoms with E-state index in [4.69, 9.17) is 34.2 Å². The zero-order valence-electron chi connectivity index (χ0n) is 9.48. The summed E-state index contributed by atoms with van der Waals surface area (Å²) in [5.74, 6) is 0. The van der Waals surface area contributed by atoms with E-state index in [1.807, 2.05) is 12.1 Å². The largest absolute Gasteiger partial charge is 0.396 e. The lowest BCUT2D eigenvalue weighted by atomic mass is 10.0. The number of nitrogen functional groups attached to an aromatic ring is 1. The number of hydrogen-bond acceptors (Lipinski definition) is 4. The lowest BCUT2D eigenvalue weighted by Crippen LogP contribution is -2.02. The van der Waals surface area contributed by atoms with E-state index in [-0.39, 0.29) is 27.7 Å². The van der Waals surface area contributed by atoms with Gasteiger partial charge in [-0.25, -0.2) is 4.98 Å². The Morgan fingerprint density at radius 3 is 2.26 bits per heavy atom. The number of benzene rings is 1. The number of nitrogens with two attached hydrogens (primary N) is 1. The Bertz CT molecular complexity index is 742. The van der Waals surface area contributed by atoms with Crippen molar-refractivity contribution in [1.29, 1.82) is 10.5 Å². The first kappa shape index (κ1) is 13.2. The van der Waals surface area contributed by atoms with E-state index in [1.165, 1.54) is 0 Å². The van der Waals surface area contributed by atoms with Crippen LogP contribution in [0.3, 0.4) is 0 Å². The first-order valence-electron chi connectivity index (χ1n) is 5.14. The minimum atomic E-state index is -0.0473. The van der Waals surface area contributed by atoms with Crippen LogP contribution in [0.25, 0.3) is 11.3 Å². The van der Waals surface area contributed by atoms with Crippen molar-refractivity contribution in [3.63, 3.8) is 0 Å². The number of nitriles is 2. The Morgan fingerprint density at radius 1 is 1.05 bits per heavy atom. The summed E-state index contributed by atoms with van der Waals surface area (Å²) in [6.45, 7) is 0. The van der Waals surface area contributed by atoms with Crippen molar-refractivity contribution in [3.8, 4) is 23.4 Å². The van der Waals surface area contributed by atoms with Crippen molar-refractivity contribution >= 4 is 28.9 Å². The molecule has 2 N–H and O–H groups in total. The third kappa shape index (κ3) is 2.20. The second kappa shape index (κ2) is 5.16. The van der Waals surface area contributed by atoms with Gasteiger partial charge < -0.3 is 5.73 Å². The van der Waals surface area contributed by atoms with E-state index in [9.17, 15) is 5.26 Å². The van der Waals surface area contributed by atoms with E-state index < -0.39 is 0 Å². The third-order valence-electron chi connectivity index (χ3n) is 2.54. The van der Waals surface area contributed by atoms with Gasteiger partial charge in [0.15, 0.2) is 0 Å². The van der Waals surface area contributed by atoms with E-state index in [2.05, 4.69) is 4.98 Å². The minimum Gasteiger partial charge on any atom is -0.396 e. The Kier molecular flexibility index (Phi) is 3.57. The fourth-order valence-corrected chi connectivity index (χ4v) is 2.10. The molecular formula is C13H6Cl2N4. The molecule has 1 heterocycles. The maximum atomic E-state index is 9.20. The van der Waals surface area contributed by atoms with E-state index in [0.717, 1.165) is 0 Å². The number of halogens is 2. The molecule has 1 aromatic carbocycles. The van der Waals surface area contributed by atoms with Gasteiger partial charge in [0.25, 0.3) is 0 Å². The summed E-state index contributed by atoms with van der Waals surface area (Å²) in [5, 5.41) is 18.5. The zero-order valence-corrected chi connectivity index (χ0v) is 11.0. The zero-order chi connectivity index (χ0) is 14.0. The van der Waals surface area contributed by atoms with Crippen molar-refractivity contribution in [2.75, 3.05) is 5.73 Å². The highest BCUT2D eigenvalue weighted by Gasteiger charge is 2.19. The average molecular weight is 289 g/mol. The highest BCUT2D eigenvalue weighted by Crippen LogP contribution is 2.34. The van der Waals surface area contributed by atoms with Crippen LogP contribution in [0.1, 0.15) is 11.1 Å². The van der Waals surface area contributed by atoms with Gasteiger partial charge in [-0.15, -0.1) is 0 Å². The summed E-state index contributed by atoms with van der Waals surface area (Å²) in [4.78, 5) is 4.06. The molecule has 1 aromatic heterocycles. The molecule has 2 aromatic rings. The van der Waals surface area contributed by atoms with Gasteiger partial charge in [0, 0.05) is 5.56 Å². The van der Waals surface area contributed by atoms with Crippen molar-refractivity contribution in [3.05, 3.63) is 45.6 Å². The highest BCUT2D eigenvalue weighted by atomic mass is 35.5. The summed E-state index contributed by atoms with van der Waals surface area (Å²) in [7, 11) is 0. The Morgan fingerprint density at radius 2 is 1.68 bits per heavy atom. The van der Waals surface area contributed by atoms with Crippen molar-refractivity contribution < 1.29 is 0 Å². The molecule has 0 amide bonds. The quantitative estimate of drug-likeness (QED) is 0.815. The molecule has 92 valence electrons. The molecule has 0 saturated carbocycles. The van der Waals surface area contributed by atoms with Crippen LogP contribution in [0.15, 0.2) is 24.3 Å². The fourth-order valence-electron chi connectivity index (χ4n) is 1.64. The molecule has 19 heavy (non-hydrogen) atoms. The summed E-state index contributed by atoms with van der Waals surface area (Å²) in [6.07, 6.45) is 0. The molecule has 0 aliphatic rings. The van der Waals surface area contributed by atoms with Crippen LogP contribution in [0, 0.1) is 22.7 Å². The van der Waals surface area contributed by atoms with E-state index in [1.54, 1.807) is 24.3 Å². The molecule has 0 aliphatic heterocycles. The van der Waals surface area contributed by atoms with Crippen LogP contribution in [0.2, 0.25) is 10.2 Å². The average Bonchev–Trinajstić information content (AvgIpc) is 2.39. The number of nitrogens with zero attached hydrogens (tertiary/aromatic N) is 3. The smallest absolute Gasteiger partial charge is 0.149 e. The number of aromatic nitrogens is 1. The van der Waals surface area contributed by atoms with Gasteiger partial charge in [0.1, 0.15) is 28.4 Å². The van der Waals surface area contributed by atoms with Gasteiger partial charge in [-0.3, -0.25) is 0 Å². The minimum absolute atomic E-state index is 0.00554. The monoisotopic (exact) mass is 288 g/mol. The molecule has 0 fully saturated rings. The molecule has 0 radical (unpaired) electrons. The summed E-state index contributed by atoms with van der Waals surface area (Å²) >= 11 is 12.0. The van der Waals surface area contributed by atoms with Gasteiger partial charge in [-0.1, -0.05) is 41.4 Å². The number of hydrogen-bond donors (Lipinski definition) is 1. The van der Waals surface area contributed by atoms with Gasteiger partial charge in [0.05, 0.1) is 16.4 Å². The standard InChI is InChI=1S/C13H6Cl2N4/c14-10-4-2-1-3-7(10)12-8(5-16)11(18)9(6-17)13(15)19-12/h1-4H,(H2,18,19). The van der Waals surface area contributed by atoms with Crippen LogP contribution < -0.4 is 5.73 Å². The van der Waals surface area contributed by atoms with Gasteiger partial charge >= 0.3 is 0 Å². The van der Waals surface area contributed by atoms with Crippen molar-refractivity contribution in [1.82, 2.24) is 4.98 Å². The van der Waals surface area contributed by atoms with Crippen LogP contribution in [0.4, 0.5) is 5.69 Å². The molecule has 0 spiro atoms. The second-order valence-electron chi connectivity index (χ2n) is 3.62. The van der Waals surface area contributed by atoms with E-state index in [0.29, 0.717) is 10.6 Å². The van der Waals surface area contributed by atoms with Gasteiger partial charge in [-0.2, -0.15) is 10.5 Å². The van der Waals surface area contributed by atoms with Crippen LogP contribution >= 0.6 is 23.2 Å². The molecule has 0 unspecified atom stereocenters. The molecular weight excluding hydrogens is 283 g/mol. The SMILES string of the molecule is N#Cc1c(Cl)nc(-c2ccccc2Cl)c(C#N)c1N. The third-order valence-corrected chi connectivity index (χ3v) is 3.15. The number of anilines is 1. The fraction of sp³-hybridized carbons (Fsp3) is 0. The molecule has 4 nitrogen and oxygen atoms in total. The molecule has 0 saturated heterocycles. The maximum absolute atomic E-state index is 9.20. The Labute approximate surface area is 119 Å². The predicted molar refractivity (Wildman–Crippen MR) is 73.5 cm³/mol. The molecule has 0 atom stereocenters. The van der Waals surface area contributed by atoms with Crippen LogP contribution in [-0.2, 0) is 0 Å². The van der Waals surface area contributed by atoms with Crippen LogP contribution in [-0.4, -0.2) is 4.98 Å². The first-order chi connectivity index (χ1) is 9.10. The first-order valence-corrected chi connectivity index (χ1v) is 5.89. The van der Waals surface area contributed by atoms with E-state index >= 15 is 0 Å². The molecule has 0 bridgehead atoms. The van der Waals surface area contributed by atoms with Crippen molar-refractivity contribution in [2.45, 2.75) is 0 Å². The van der Waals surface area contributed by atoms with Gasteiger partial charge in [0.2, 0.25) is 0 Å². The predicted octanol–water partition coefficient (Wildman–Crippen LogP) is 3.38. The summed E-state index contributed by atoms with van der Waals surface area (Å²) in [6, 6.07) is 10.6. The summed E-state index contributed by atoms with van der Waals surface area (Å²) < 4.78 is 0. The highest BCUT2D eigenvalue weighted by molar-refractivity contribution is 6.33. The lowest BCUT2D eigenvalue weighted by molar-refractivity contribution is 1.28. The van der Waals surface area contributed by atoms with Crippen molar-refractivity contribution in [2.24, 2.45) is 0 Å². The topological polar surface area (TPSA) is 86.5 Å². The second-order valence-corrected chi connectivity index (χ2v) is 4.38. The Balaban J connectivity index is 2.84. The summed E-state index contributed by atoms with van der Waals surface area (Å²) in [5.41, 5.74) is 6.69. The normalized spacial score (nSPS) is 9.68. The lowest BCUT2D eigenvalue weighted by Gasteiger charge is -2.10. The van der Waals surface area contributed by atoms with Gasteiger partial charge in [-0.05, 0) is 6.07 Å². The molecule has 6 heteroatoms. The number of rotatable bonds is 1. The molecule has 2 rings (SSSR count).